The average molecular weight is 281 g/mol. The maximum absolute atomic E-state index is 12.3. The number of aromatic carboxylic acids is 1. The summed E-state index contributed by atoms with van der Waals surface area (Å²) in [6.07, 6.45) is 3.18. The zero-order valence-corrected chi connectivity index (χ0v) is 12.1. The Morgan fingerprint density at radius 1 is 1.32 bits per heavy atom. The lowest BCUT2D eigenvalue weighted by Crippen LogP contribution is -2.41. The molecule has 1 aliphatic heterocycles. The molecule has 104 valence electrons. The van der Waals surface area contributed by atoms with Crippen LogP contribution < -0.4 is 0 Å². The topological polar surface area (TPSA) is 57.6 Å². The minimum Gasteiger partial charge on any atom is -0.477 e. The van der Waals surface area contributed by atoms with Gasteiger partial charge in [-0.3, -0.25) is 4.79 Å². The van der Waals surface area contributed by atoms with Crippen molar-refractivity contribution in [2.45, 2.75) is 33.1 Å². The quantitative estimate of drug-likeness (QED) is 0.926. The maximum atomic E-state index is 12.3. The number of hydrogen-bond donors (Lipinski definition) is 1. The summed E-state index contributed by atoms with van der Waals surface area (Å²) in [4.78, 5) is 25.7. The highest BCUT2D eigenvalue weighted by Crippen LogP contribution is 2.34. The first-order valence-electron chi connectivity index (χ1n) is 6.57. The molecule has 1 N–H and O–H groups in total. The van der Waals surface area contributed by atoms with Gasteiger partial charge in [-0.2, -0.15) is 0 Å². The van der Waals surface area contributed by atoms with E-state index in [4.69, 9.17) is 5.11 Å². The van der Waals surface area contributed by atoms with Crippen LogP contribution in [0.25, 0.3) is 0 Å². The van der Waals surface area contributed by atoms with E-state index in [1.807, 2.05) is 4.90 Å². The largest absolute Gasteiger partial charge is 0.477 e. The number of piperidine rings is 1. The second-order valence-corrected chi connectivity index (χ2v) is 6.51. The van der Waals surface area contributed by atoms with Gasteiger partial charge in [0.15, 0.2) is 0 Å². The lowest BCUT2D eigenvalue weighted by atomic mass is 9.78. The van der Waals surface area contributed by atoms with Crippen LogP contribution in [-0.4, -0.2) is 35.0 Å². The molecule has 1 fully saturated rings. The van der Waals surface area contributed by atoms with Gasteiger partial charge < -0.3 is 10.0 Å². The SMILES string of the molecule is CCC1(C)CCN(C(=O)c2ccc(C(=O)O)s2)CC1. The first-order valence-corrected chi connectivity index (χ1v) is 7.39. The lowest BCUT2D eigenvalue weighted by Gasteiger charge is -2.38. The number of nitrogens with zero attached hydrogens (tertiary/aromatic N) is 1. The Morgan fingerprint density at radius 3 is 2.37 bits per heavy atom. The molecule has 0 aromatic carbocycles. The number of thiophene rings is 1. The molecule has 1 amide bonds. The zero-order valence-electron chi connectivity index (χ0n) is 11.3. The summed E-state index contributed by atoms with van der Waals surface area (Å²) in [5.41, 5.74) is 0.346. The molecule has 1 aliphatic rings. The van der Waals surface area contributed by atoms with E-state index in [1.165, 1.54) is 6.07 Å². The van der Waals surface area contributed by atoms with Crippen molar-refractivity contribution in [3.63, 3.8) is 0 Å². The Hall–Kier alpha value is -1.36. The van der Waals surface area contributed by atoms with E-state index in [9.17, 15) is 9.59 Å². The number of carboxylic acid groups (broad SMARTS) is 1. The van der Waals surface area contributed by atoms with Crippen molar-refractivity contribution in [1.29, 1.82) is 0 Å². The Labute approximate surface area is 117 Å². The normalized spacial score (nSPS) is 18.3. The predicted octanol–water partition coefficient (Wildman–Crippen LogP) is 3.10. The second kappa shape index (κ2) is 5.33. The number of carbonyl (C=O) groups excluding carboxylic acids is 1. The van der Waals surface area contributed by atoms with Gasteiger partial charge in [0.2, 0.25) is 0 Å². The van der Waals surface area contributed by atoms with E-state index in [-0.39, 0.29) is 10.8 Å². The number of hydrogen-bond acceptors (Lipinski definition) is 3. The summed E-state index contributed by atoms with van der Waals surface area (Å²) in [6.45, 7) is 5.99. The van der Waals surface area contributed by atoms with Gasteiger partial charge in [-0.15, -0.1) is 11.3 Å². The molecule has 2 rings (SSSR count). The number of amides is 1. The third kappa shape index (κ3) is 2.97. The van der Waals surface area contributed by atoms with E-state index in [2.05, 4.69) is 13.8 Å². The number of carboxylic acids is 1. The van der Waals surface area contributed by atoms with Crippen molar-refractivity contribution in [2.75, 3.05) is 13.1 Å². The zero-order chi connectivity index (χ0) is 14.0. The molecule has 1 aromatic rings. The van der Waals surface area contributed by atoms with E-state index < -0.39 is 5.97 Å². The van der Waals surface area contributed by atoms with Crippen LogP contribution in [0.2, 0.25) is 0 Å². The third-order valence-corrected chi connectivity index (χ3v) is 5.20. The molecule has 2 heterocycles. The van der Waals surface area contributed by atoms with Crippen LogP contribution in [0, 0.1) is 5.41 Å². The first-order chi connectivity index (χ1) is 8.95. The number of carbonyl (C=O) groups is 2. The Bertz CT molecular complexity index is 487. The summed E-state index contributed by atoms with van der Waals surface area (Å²) in [6, 6.07) is 3.12. The maximum Gasteiger partial charge on any atom is 0.345 e. The van der Waals surface area contributed by atoms with Crippen molar-refractivity contribution in [1.82, 2.24) is 4.90 Å². The van der Waals surface area contributed by atoms with Crippen molar-refractivity contribution in [3.05, 3.63) is 21.9 Å². The van der Waals surface area contributed by atoms with Gasteiger partial charge in [0, 0.05) is 13.1 Å². The van der Waals surface area contributed by atoms with Crippen LogP contribution in [0.5, 0.6) is 0 Å². The summed E-state index contributed by atoms with van der Waals surface area (Å²) >= 11 is 1.06. The fraction of sp³-hybridized carbons (Fsp3) is 0.571. The molecule has 4 nitrogen and oxygen atoms in total. The fourth-order valence-corrected chi connectivity index (χ4v) is 3.14. The molecule has 0 aliphatic carbocycles. The second-order valence-electron chi connectivity index (χ2n) is 5.43. The Morgan fingerprint density at radius 2 is 1.89 bits per heavy atom. The average Bonchev–Trinajstić information content (AvgIpc) is 2.88. The van der Waals surface area contributed by atoms with Gasteiger partial charge in [-0.25, -0.2) is 4.79 Å². The highest BCUT2D eigenvalue weighted by atomic mass is 32.1. The Kier molecular flexibility index (Phi) is 3.94. The minimum atomic E-state index is -0.971. The molecule has 0 bridgehead atoms. The minimum absolute atomic E-state index is 0.0318. The van der Waals surface area contributed by atoms with E-state index in [0.29, 0.717) is 10.3 Å². The van der Waals surface area contributed by atoms with Gasteiger partial charge in [0.05, 0.1) is 4.88 Å². The summed E-state index contributed by atoms with van der Waals surface area (Å²) in [7, 11) is 0. The van der Waals surface area contributed by atoms with Gasteiger partial charge in [0.25, 0.3) is 5.91 Å². The van der Waals surface area contributed by atoms with E-state index in [1.54, 1.807) is 6.07 Å². The smallest absolute Gasteiger partial charge is 0.345 e. The molecule has 0 atom stereocenters. The van der Waals surface area contributed by atoms with Crippen molar-refractivity contribution in [3.8, 4) is 0 Å². The molecular formula is C14H19NO3S. The predicted molar refractivity (Wildman–Crippen MR) is 74.8 cm³/mol. The van der Waals surface area contributed by atoms with Gasteiger partial charge in [-0.05, 0) is 30.4 Å². The highest BCUT2D eigenvalue weighted by molar-refractivity contribution is 7.15. The lowest BCUT2D eigenvalue weighted by molar-refractivity contribution is 0.0604. The molecule has 1 saturated heterocycles. The Balaban J connectivity index is 2.03. The number of rotatable bonds is 3. The monoisotopic (exact) mass is 281 g/mol. The molecule has 0 radical (unpaired) electrons. The molecule has 1 aromatic heterocycles. The van der Waals surface area contributed by atoms with Gasteiger partial charge in [-0.1, -0.05) is 20.3 Å². The van der Waals surface area contributed by atoms with Crippen LogP contribution in [0.3, 0.4) is 0 Å². The van der Waals surface area contributed by atoms with Gasteiger partial charge >= 0.3 is 5.97 Å². The van der Waals surface area contributed by atoms with Crippen molar-refractivity contribution < 1.29 is 14.7 Å². The fourth-order valence-electron chi connectivity index (χ4n) is 2.33. The first kappa shape index (κ1) is 14.1. The van der Waals surface area contributed by atoms with E-state index >= 15 is 0 Å². The third-order valence-electron chi connectivity index (χ3n) is 4.14. The summed E-state index contributed by atoms with van der Waals surface area (Å²) < 4.78 is 0. The molecule has 0 saturated carbocycles. The van der Waals surface area contributed by atoms with Crippen molar-refractivity contribution in [2.24, 2.45) is 5.41 Å². The summed E-state index contributed by atoms with van der Waals surface area (Å²) in [5.74, 6) is -1.00. The van der Waals surface area contributed by atoms with Crippen LogP contribution in [-0.2, 0) is 0 Å². The van der Waals surface area contributed by atoms with Crippen LogP contribution in [0.15, 0.2) is 12.1 Å². The molecule has 5 heteroatoms. The van der Waals surface area contributed by atoms with Gasteiger partial charge in [0.1, 0.15) is 4.88 Å². The van der Waals surface area contributed by atoms with Crippen molar-refractivity contribution >= 4 is 23.2 Å². The number of likely N-dealkylation sites (tertiary alicyclic amines) is 1. The van der Waals surface area contributed by atoms with Crippen LogP contribution >= 0.6 is 11.3 Å². The highest BCUT2D eigenvalue weighted by Gasteiger charge is 2.31. The molecule has 19 heavy (non-hydrogen) atoms. The molecule has 0 spiro atoms. The molecular weight excluding hydrogens is 262 g/mol. The van der Waals surface area contributed by atoms with Crippen LogP contribution in [0.4, 0.5) is 0 Å². The molecule has 0 unspecified atom stereocenters. The van der Waals surface area contributed by atoms with Crippen LogP contribution in [0.1, 0.15) is 52.5 Å². The van der Waals surface area contributed by atoms with E-state index in [0.717, 1.165) is 43.7 Å². The summed E-state index contributed by atoms with van der Waals surface area (Å²) in [5, 5.41) is 8.88. The standard InChI is InChI=1S/C14H19NO3S/c1-3-14(2)6-8-15(9-7-14)12(16)10-4-5-11(19-10)13(17)18/h4-5H,3,6-9H2,1-2H3,(H,17,18).